The van der Waals surface area contributed by atoms with Crippen LogP contribution in [0.15, 0.2) is 60.8 Å². The number of hydrogen-bond acceptors (Lipinski definition) is 7. The van der Waals surface area contributed by atoms with Crippen LogP contribution in [-0.4, -0.2) is 75.5 Å². The fourth-order valence-electron chi connectivity index (χ4n) is 3.48. The highest BCUT2D eigenvalue weighted by Crippen LogP contribution is 2.09. The second-order valence-corrected chi connectivity index (χ2v) is 10.2. The Kier molecular flexibility index (Phi) is 22.1. The van der Waals surface area contributed by atoms with Crippen LogP contribution >= 0.6 is 0 Å². The van der Waals surface area contributed by atoms with Crippen LogP contribution in [0.4, 0.5) is 0 Å². The molecular formula is C32H51NO7. The SMILES string of the molecule is CC/C=C/C/C=C/C/C=C/CC(=O)OCC(COCCC(C(=O)[O-])[N+](C)(C)C)OC(=O)CC/C=C/C/C=C/CC. The number of carbonyl (C=O) groups is 3. The molecule has 0 aromatic heterocycles. The monoisotopic (exact) mass is 561 g/mol. The van der Waals surface area contributed by atoms with Crippen molar-refractivity contribution in [2.24, 2.45) is 0 Å². The van der Waals surface area contributed by atoms with E-state index in [4.69, 9.17) is 14.2 Å². The summed E-state index contributed by atoms with van der Waals surface area (Å²) in [7, 11) is 5.32. The summed E-state index contributed by atoms with van der Waals surface area (Å²) in [5, 5.41) is 11.5. The van der Waals surface area contributed by atoms with E-state index in [1.807, 2.05) is 24.3 Å². The molecule has 0 aromatic carbocycles. The Morgan fingerprint density at radius 2 is 1.30 bits per heavy atom. The first kappa shape index (κ1) is 37.0. The number of aliphatic carboxylic acids is 1. The average molecular weight is 562 g/mol. The van der Waals surface area contributed by atoms with Crippen molar-refractivity contribution in [2.45, 2.75) is 83.8 Å². The van der Waals surface area contributed by atoms with Gasteiger partial charge in [-0.3, -0.25) is 9.59 Å². The van der Waals surface area contributed by atoms with Gasteiger partial charge >= 0.3 is 11.9 Å². The molecule has 0 heterocycles. The van der Waals surface area contributed by atoms with Crippen LogP contribution < -0.4 is 5.11 Å². The average Bonchev–Trinajstić information content (AvgIpc) is 2.89. The van der Waals surface area contributed by atoms with E-state index >= 15 is 0 Å². The lowest BCUT2D eigenvalue weighted by Crippen LogP contribution is -2.55. The molecule has 0 amide bonds. The Hall–Kier alpha value is -2.97. The Labute approximate surface area is 241 Å². The number of ether oxygens (including phenoxy) is 3. The standard InChI is InChI=1S/C32H51NO7/c1-6-8-10-12-14-15-17-18-20-22-30(34)39-27-28(26-38-25-24-29(32(36)37)33(3,4)5)40-31(35)23-21-19-16-13-11-9-7-2/h8-11,14-16,18-20,28-29H,6-7,12-13,17,21-27H2,1-5H3/b10-8+,11-9+,15-14+,19-16+,20-18+. The Bertz CT molecular complexity index is 850. The summed E-state index contributed by atoms with van der Waals surface area (Å²) in [5.74, 6) is -2.00. The van der Waals surface area contributed by atoms with Gasteiger partial charge in [-0.1, -0.05) is 74.6 Å². The topological polar surface area (TPSA) is 102 Å². The van der Waals surface area contributed by atoms with Crippen molar-refractivity contribution < 1.29 is 38.2 Å². The number of rotatable bonds is 23. The number of allylic oxidation sites excluding steroid dienone is 9. The van der Waals surface area contributed by atoms with Crippen LogP contribution in [0.1, 0.15) is 71.6 Å². The van der Waals surface area contributed by atoms with Gasteiger partial charge in [0.25, 0.3) is 0 Å². The summed E-state index contributed by atoms with van der Waals surface area (Å²) in [4.78, 5) is 36.0. The molecule has 0 aliphatic rings. The van der Waals surface area contributed by atoms with E-state index in [0.717, 1.165) is 32.1 Å². The first-order valence-electron chi connectivity index (χ1n) is 14.3. The van der Waals surface area contributed by atoms with Gasteiger partial charge in [0.05, 0.1) is 46.7 Å². The predicted octanol–water partition coefficient (Wildman–Crippen LogP) is 4.61. The van der Waals surface area contributed by atoms with Gasteiger partial charge in [-0.15, -0.1) is 0 Å². The van der Waals surface area contributed by atoms with E-state index in [1.54, 1.807) is 27.2 Å². The van der Waals surface area contributed by atoms with Crippen molar-refractivity contribution >= 4 is 17.9 Å². The predicted molar refractivity (Wildman–Crippen MR) is 157 cm³/mol. The molecule has 0 saturated heterocycles. The van der Waals surface area contributed by atoms with E-state index in [2.05, 4.69) is 44.2 Å². The number of carbonyl (C=O) groups excluding carboxylic acids is 3. The molecule has 0 aromatic rings. The highest BCUT2D eigenvalue weighted by Gasteiger charge is 2.25. The van der Waals surface area contributed by atoms with Crippen molar-refractivity contribution in [1.29, 1.82) is 0 Å². The molecule has 0 aliphatic heterocycles. The van der Waals surface area contributed by atoms with Gasteiger partial charge in [0.15, 0.2) is 6.10 Å². The number of carboxylic acids is 1. The van der Waals surface area contributed by atoms with E-state index in [0.29, 0.717) is 6.42 Å². The first-order valence-corrected chi connectivity index (χ1v) is 14.3. The molecule has 0 saturated carbocycles. The van der Waals surface area contributed by atoms with E-state index in [1.165, 1.54) is 0 Å². The lowest BCUT2D eigenvalue weighted by Gasteiger charge is -2.34. The third-order valence-electron chi connectivity index (χ3n) is 5.70. The van der Waals surface area contributed by atoms with Gasteiger partial charge in [0, 0.05) is 12.8 Å². The van der Waals surface area contributed by atoms with Crippen molar-refractivity contribution in [1.82, 2.24) is 0 Å². The molecular weight excluding hydrogens is 510 g/mol. The molecule has 2 unspecified atom stereocenters. The quantitative estimate of drug-likeness (QED) is 0.0777. The maximum atomic E-state index is 12.4. The minimum atomic E-state index is -1.15. The normalized spacial score (nSPS) is 14.1. The number of likely N-dealkylation sites (N-methyl/N-ethyl adjacent to an activating group) is 1. The zero-order chi connectivity index (χ0) is 30.1. The van der Waals surface area contributed by atoms with Gasteiger partial charge in [0.1, 0.15) is 12.6 Å². The second-order valence-electron chi connectivity index (χ2n) is 10.2. The van der Waals surface area contributed by atoms with E-state index < -0.39 is 30.1 Å². The van der Waals surface area contributed by atoms with Crippen LogP contribution in [0.3, 0.4) is 0 Å². The van der Waals surface area contributed by atoms with E-state index in [9.17, 15) is 19.5 Å². The maximum Gasteiger partial charge on any atom is 0.309 e. The summed E-state index contributed by atoms with van der Waals surface area (Å²) in [6.45, 7) is 4.15. The third-order valence-corrected chi connectivity index (χ3v) is 5.70. The zero-order valence-corrected chi connectivity index (χ0v) is 25.2. The minimum Gasteiger partial charge on any atom is -0.544 e. The number of esters is 2. The smallest absolute Gasteiger partial charge is 0.309 e. The van der Waals surface area contributed by atoms with Crippen LogP contribution in [0.2, 0.25) is 0 Å². The molecule has 8 heteroatoms. The van der Waals surface area contributed by atoms with Gasteiger partial charge in [0.2, 0.25) is 0 Å². The molecule has 226 valence electrons. The zero-order valence-electron chi connectivity index (χ0n) is 25.2. The molecule has 2 atom stereocenters. The van der Waals surface area contributed by atoms with Crippen LogP contribution in [-0.2, 0) is 28.6 Å². The summed E-state index contributed by atoms with van der Waals surface area (Å²) in [6.07, 6.45) is 24.8. The van der Waals surface area contributed by atoms with Gasteiger partial charge in [-0.25, -0.2) is 0 Å². The first-order chi connectivity index (χ1) is 19.1. The summed E-state index contributed by atoms with van der Waals surface area (Å²) >= 11 is 0. The molecule has 0 aliphatic carbocycles. The number of hydrogen-bond donors (Lipinski definition) is 0. The lowest BCUT2D eigenvalue weighted by molar-refractivity contribution is -0.889. The highest BCUT2D eigenvalue weighted by atomic mass is 16.6. The lowest BCUT2D eigenvalue weighted by atomic mass is 10.1. The van der Waals surface area contributed by atoms with Crippen molar-refractivity contribution in [3.05, 3.63) is 60.8 Å². The molecule has 0 N–H and O–H groups in total. The van der Waals surface area contributed by atoms with Gasteiger partial charge < -0.3 is 28.6 Å². The molecule has 0 radical (unpaired) electrons. The summed E-state index contributed by atoms with van der Waals surface area (Å²) in [5.41, 5.74) is 0. The fourth-order valence-corrected chi connectivity index (χ4v) is 3.48. The van der Waals surface area contributed by atoms with Crippen molar-refractivity contribution in [3.8, 4) is 0 Å². The van der Waals surface area contributed by atoms with Crippen LogP contribution in [0, 0.1) is 0 Å². The number of quaternary nitrogens is 1. The molecule has 0 rings (SSSR count). The largest absolute Gasteiger partial charge is 0.544 e. The molecule has 0 bridgehead atoms. The molecule has 40 heavy (non-hydrogen) atoms. The Morgan fingerprint density at radius 1 is 0.750 bits per heavy atom. The van der Waals surface area contributed by atoms with Crippen molar-refractivity contribution in [3.63, 3.8) is 0 Å². The van der Waals surface area contributed by atoms with Gasteiger partial charge in [-0.2, -0.15) is 0 Å². The molecule has 0 fully saturated rings. The summed E-state index contributed by atoms with van der Waals surface area (Å²) in [6, 6.07) is -0.743. The highest BCUT2D eigenvalue weighted by molar-refractivity contribution is 5.71. The number of carboxylic acid groups (broad SMARTS) is 1. The minimum absolute atomic E-state index is 0.0132. The fraction of sp³-hybridized carbons (Fsp3) is 0.594. The summed E-state index contributed by atoms with van der Waals surface area (Å²) < 4.78 is 16.7. The molecule has 8 nitrogen and oxygen atoms in total. The Balaban J connectivity index is 4.75. The van der Waals surface area contributed by atoms with Crippen LogP contribution in [0.5, 0.6) is 0 Å². The molecule has 0 spiro atoms. The second kappa shape index (κ2) is 23.9. The Morgan fingerprint density at radius 3 is 1.85 bits per heavy atom. The van der Waals surface area contributed by atoms with E-state index in [-0.39, 0.29) is 43.6 Å². The van der Waals surface area contributed by atoms with Crippen molar-refractivity contribution in [2.75, 3.05) is 41.0 Å². The van der Waals surface area contributed by atoms with Gasteiger partial charge in [-0.05, 0) is 38.5 Å². The third kappa shape index (κ3) is 21.9. The maximum absolute atomic E-state index is 12.4. The van der Waals surface area contributed by atoms with Crippen LogP contribution in [0.25, 0.3) is 0 Å². The number of nitrogens with zero attached hydrogens (tertiary/aromatic N) is 1.